The van der Waals surface area contributed by atoms with Gasteiger partial charge in [0.1, 0.15) is 0 Å². The summed E-state index contributed by atoms with van der Waals surface area (Å²) in [5.74, 6) is 0. The number of hydrogen-bond donors (Lipinski definition) is 2. The summed E-state index contributed by atoms with van der Waals surface area (Å²) >= 11 is 0. The largest absolute Gasteiger partial charge is 0.332 e. The smallest absolute Gasteiger partial charge is 0.318 e. The number of carbonyl (C=O) groups excluding carboxylic acids is 1. The minimum Gasteiger partial charge on any atom is -0.332 e. The van der Waals surface area contributed by atoms with E-state index in [9.17, 15) is 4.79 Å². The third kappa shape index (κ3) is 3.00. The average molecular weight is 340 g/mol. The monoisotopic (exact) mass is 340 g/mol. The highest BCUT2D eigenvalue weighted by Gasteiger charge is 2.43. The van der Waals surface area contributed by atoms with Crippen LogP contribution in [-0.2, 0) is 6.54 Å². The molecule has 2 N–H and O–H groups in total. The lowest BCUT2D eigenvalue weighted by atomic mass is 9.98. The molecule has 2 saturated heterocycles. The SMILES string of the molecule is CC(C)N1C(=O)N[C@H]2CN(Cc3cn[nH]c3-c3cccnc3)CC[C@H]21. The summed E-state index contributed by atoms with van der Waals surface area (Å²) in [6.07, 6.45) is 6.51. The number of carbonyl (C=O) groups is 1. The topological polar surface area (TPSA) is 77.2 Å². The van der Waals surface area contributed by atoms with Crippen LogP contribution >= 0.6 is 0 Å². The number of piperidine rings is 1. The summed E-state index contributed by atoms with van der Waals surface area (Å²) in [5.41, 5.74) is 3.23. The zero-order valence-corrected chi connectivity index (χ0v) is 14.6. The van der Waals surface area contributed by atoms with Gasteiger partial charge in [0.2, 0.25) is 0 Å². The van der Waals surface area contributed by atoms with Crippen molar-refractivity contribution in [2.45, 2.75) is 44.9 Å². The number of amides is 2. The Kier molecular flexibility index (Phi) is 4.17. The van der Waals surface area contributed by atoms with E-state index in [4.69, 9.17) is 0 Å². The molecule has 2 fully saturated rings. The van der Waals surface area contributed by atoms with E-state index in [1.165, 1.54) is 0 Å². The standard InChI is InChI=1S/C18H24N6O/c1-12(2)24-16-5-7-23(11-15(16)21-18(24)25)10-14-9-20-22-17(14)13-4-3-6-19-8-13/h3-4,6,8-9,12,15-16H,5,7,10-11H2,1-2H3,(H,20,22)(H,21,25)/t15-,16+/m0/s1. The summed E-state index contributed by atoms with van der Waals surface area (Å²) in [6, 6.07) is 4.80. The highest BCUT2D eigenvalue weighted by molar-refractivity contribution is 5.78. The molecular weight excluding hydrogens is 316 g/mol. The van der Waals surface area contributed by atoms with E-state index < -0.39 is 0 Å². The molecule has 25 heavy (non-hydrogen) atoms. The van der Waals surface area contributed by atoms with E-state index in [1.807, 2.05) is 29.4 Å². The number of urea groups is 1. The predicted octanol–water partition coefficient (Wildman–Crippen LogP) is 1.85. The predicted molar refractivity (Wildman–Crippen MR) is 94.8 cm³/mol. The number of aromatic nitrogens is 3. The van der Waals surface area contributed by atoms with Crippen molar-refractivity contribution in [3.05, 3.63) is 36.3 Å². The zero-order valence-electron chi connectivity index (χ0n) is 14.6. The van der Waals surface area contributed by atoms with Crippen LogP contribution in [0.15, 0.2) is 30.7 Å². The Morgan fingerprint density at radius 1 is 1.36 bits per heavy atom. The number of H-pyrrole nitrogens is 1. The van der Waals surface area contributed by atoms with E-state index in [-0.39, 0.29) is 18.1 Å². The van der Waals surface area contributed by atoms with Crippen LogP contribution in [0.2, 0.25) is 0 Å². The van der Waals surface area contributed by atoms with Gasteiger partial charge in [-0.1, -0.05) is 0 Å². The number of nitrogens with zero attached hydrogens (tertiary/aromatic N) is 4. The summed E-state index contributed by atoms with van der Waals surface area (Å²) in [4.78, 5) is 20.8. The fraction of sp³-hybridized carbons (Fsp3) is 0.500. The van der Waals surface area contributed by atoms with Crippen LogP contribution in [0.25, 0.3) is 11.3 Å². The highest BCUT2D eigenvalue weighted by atomic mass is 16.2. The first kappa shape index (κ1) is 16.1. The third-order valence-corrected chi connectivity index (χ3v) is 5.18. The molecule has 0 aromatic carbocycles. The number of pyridine rings is 1. The van der Waals surface area contributed by atoms with Crippen LogP contribution in [0.3, 0.4) is 0 Å². The van der Waals surface area contributed by atoms with Gasteiger partial charge in [0.15, 0.2) is 0 Å². The molecule has 0 aliphatic carbocycles. The first-order valence-electron chi connectivity index (χ1n) is 8.87. The minimum atomic E-state index is 0.0752. The molecule has 2 aromatic rings. The quantitative estimate of drug-likeness (QED) is 0.890. The van der Waals surface area contributed by atoms with Crippen molar-refractivity contribution in [1.29, 1.82) is 0 Å². The molecule has 0 radical (unpaired) electrons. The van der Waals surface area contributed by atoms with Crippen molar-refractivity contribution in [3.63, 3.8) is 0 Å². The Balaban J connectivity index is 1.46. The normalized spacial score (nSPS) is 23.8. The fourth-order valence-corrected chi connectivity index (χ4v) is 4.06. The van der Waals surface area contributed by atoms with Gasteiger partial charge >= 0.3 is 6.03 Å². The van der Waals surface area contributed by atoms with E-state index >= 15 is 0 Å². The van der Waals surface area contributed by atoms with Gasteiger partial charge in [-0.3, -0.25) is 15.0 Å². The van der Waals surface area contributed by atoms with Crippen LogP contribution in [0, 0.1) is 0 Å². The van der Waals surface area contributed by atoms with E-state index in [2.05, 4.69) is 39.2 Å². The molecule has 0 bridgehead atoms. The molecule has 2 aliphatic heterocycles. The molecule has 0 unspecified atom stereocenters. The van der Waals surface area contributed by atoms with E-state index in [0.29, 0.717) is 6.04 Å². The molecule has 7 heteroatoms. The van der Waals surface area contributed by atoms with Crippen LogP contribution in [0.5, 0.6) is 0 Å². The lowest BCUT2D eigenvalue weighted by molar-refractivity contribution is 0.122. The Bertz CT molecular complexity index is 743. The van der Waals surface area contributed by atoms with Crippen molar-refractivity contribution in [3.8, 4) is 11.3 Å². The van der Waals surface area contributed by atoms with Crippen LogP contribution in [0.1, 0.15) is 25.8 Å². The van der Waals surface area contributed by atoms with Crippen molar-refractivity contribution < 1.29 is 4.79 Å². The third-order valence-electron chi connectivity index (χ3n) is 5.18. The second-order valence-electron chi connectivity index (χ2n) is 7.16. The first-order chi connectivity index (χ1) is 12.1. The molecule has 2 aromatic heterocycles. The van der Waals surface area contributed by atoms with Crippen molar-refractivity contribution in [2.24, 2.45) is 0 Å². The van der Waals surface area contributed by atoms with Crippen LogP contribution < -0.4 is 5.32 Å². The summed E-state index contributed by atoms with van der Waals surface area (Å²) in [7, 11) is 0. The second kappa shape index (κ2) is 6.48. The molecule has 0 spiro atoms. The van der Waals surface area contributed by atoms with Gasteiger partial charge in [-0.15, -0.1) is 0 Å². The van der Waals surface area contributed by atoms with Gasteiger partial charge in [0, 0.05) is 49.2 Å². The Hall–Kier alpha value is -2.41. The summed E-state index contributed by atoms with van der Waals surface area (Å²) < 4.78 is 0. The Morgan fingerprint density at radius 2 is 2.24 bits per heavy atom. The molecular formula is C18H24N6O. The number of fused-ring (bicyclic) bond motifs is 1. The molecule has 2 amide bonds. The van der Waals surface area contributed by atoms with Crippen molar-refractivity contribution in [1.82, 2.24) is 30.3 Å². The average Bonchev–Trinajstić information content (AvgIpc) is 3.18. The van der Waals surface area contributed by atoms with Gasteiger partial charge in [-0.25, -0.2) is 4.79 Å². The fourth-order valence-electron chi connectivity index (χ4n) is 4.06. The van der Waals surface area contributed by atoms with Gasteiger partial charge in [0.05, 0.1) is 24.0 Å². The van der Waals surface area contributed by atoms with Gasteiger partial charge < -0.3 is 10.2 Å². The summed E-state index contributed by atoms with van der Waals surface area (Å²) in [5, 5.41) is 10.5. The lowest BCUT2D eigenvalue weighted by Crippen LogP contribution is -2.51. The van der Waals surface area contributed by atoms with E-state index in [1.54, 1.807) is 6.20 Å². The molecule has 2 aliphatic rings. The van der Waals surface area contributed by atoms with Crippen molar-refractivity contribution in [2.75, 3.05) is 13.1 Å². The van der Waals surface area contributed by atoms with Crippen LogP contribution in [0.4, 0.5) is 4.79 Å². The Morgan fingerprint density at radius 3 is 3.00 bits per heavy atom. The summed E-state index contributed by atoms with van der Waals surface area (Å²) in [6.45, 7) is 6.84. The van der Waals surface area contributed by atoms with E-state index in [0.717, 1.165) is 42.9 Å². The molecule has 0 saturated carbocycles. The zero-order chi connectivity index (χ0) is 17.4. The maximum atomic E-state index is 12.2. The number of aromatic amines is 1. The molecule has 4 heterocycles. The van der Waals surface area contributed by atoms with Crippen molar-refractivity contribution >= 4 is 6.03 Å². The Labute approximate surface area is 147 Å². The number of rotatable bonds is 4. The number of nitrogens with one attached hydrogen (secondary N) is 2. The maximum Gasteiger partial charge on any atom is 0.318 e. The maximum absolute atomic E-state index is 12.2. The number of likely N-dealkylation sites (tertiary alicyclic amines) is 1. The highest BCUT2D eigenvalue weighted by Crippen LogP contribution is 2.27. The first-order valence-corrected chi connectivity index (χ1v) is 8.87. The van der Waals surface area contributed by atoms with Gasteiger partial charge in [0.25, 0.3) is 0 Å². The molecule has 2 atom stereocenters. The van der Waals surface area contributed by atoms with Gasteiger partial charge in [-0.2, -0.15) is 5.10 Å². The molecule has 4 rings (SSSR count). The number of hydrogen-bond acceptors (Lipinski definition) is 4. The molecule has 7 nitrogen and oxygen atoms in total. The minimum absolute atomic E-state index is 0.0752. The van der Waals surface area contributed by atoms with Gasteiger partial charge in [-0.05, 0) is 32.4 Å². The lowest BCUT2D eigenvalue weighted by Gasteiger charge is -2.37. The van der Waals surface area contributed by atoms with Crippen LogP contribution in [-0.4, -0.2) is 62.2 Å². The second-order valence-corrected chi connectivity index (χ2v) is 7.16. The molecule has 132 valence electrons.